The summed E-state index contributed by atoms with van der Waals surface area (Å²) < 4.78 is 63.6. The van der Waals surface area contributed by atoms with Gasteiger partial charge >= 0.3 is 0 Å². The minimum absolute atomic E-state index is 0.00573. The molecule has 402 valence electrons. The van der Waals surface area contributed by atoms with Crippen LogP contribution in [0, 0.1) is 12.8 Å². The molecule has 2 aliphatic heterocycles. The van der Waals surface area contributed by atoms with Crippen molar-refractivity contribution in [2.75, 3.05) is 40.5 Å². The van der Waals surface area contributed by atoms with E-state index >= 15 is 0 Å². The number of rotatable bonds is 26. The van der Waals surface area contributed by atoms with Gasteiger partial charge in [0.05, 0.1) is 73.5 Å². The number of ether oxygens (including phenoxy) is 11. The van der Waals surface area contributed by atoms with Crippen LogP contribution in [0.3, 0.4) is 0 Å². The molecule has 2 saturated heterocycles. The zero-order valence-electron chi connectivity index (χ0n) is 41.4. The van der Waals surface area contributed by atoms with E-state index in [1.54, 1.807) is 34.6 Å². The topological polar surface area (TPSA) is 335 Å². The number of fused-ring (bicyclic) bond motifs is 2. The number of ketones is 3. The summed E-state index contributed by atoms with van der Waals surface area (Å²) in [5, 5.41) is 94.0. The average molecular weight is 1020 g/mol. The van der Waals surface area contributed by atoms with Gasteiger partial charge in [-0.1, -0.05) is 0 Å². The van der Waals surface area contributed by atoms with Gasteiger partial charge in [0.15, 0.2) is 24.1 Å². The third-order valence-electron chi connectivity index (χ3n) is 13.2. The summed E-state index contributed by atoms with van der Waals surface area (Å²) in [7, 11) is 1.20. The molecule has 23 heteroatoms. The molecule has 18 atom stereocenters. The number of hydrogen-bond acceptors (Lipinski definition) is 23. The number of aliphatic hydroxyl groups excluding tert-OH is 7. The molecule has 0 saturated carbocycles. The number of phenols is 2. The van der Waals surface area contributed by atoms with E-state index in [0.717, 1.165) is 6.92 Å². The van der Waals surface area contributed by atoms with Crippen molar-refractivity contribution in [2.24, 2.45) is 5.92 Å². The molecule has 0 amide bonds. The van der Waals surface area contributed by atoms with Crippen LogP contribution < -0.4 is 4.74 Å². The first kappa shape index (κ1) is 58.3. The van der Waals surface area contributed by atoms with Crippen LogP contribution in [0.25, 0.3) is 10.8 Å². The van der Waals surface area contributed by atoms with Crippen LogP contribution in [0.15, 0.2) is 12.1 Å². The summed E-state index contributed by atoms with van der Waals surface area (Å²) >= 11 is 0. The number of Topliss-reactive ketones (excluding diaryl/α,β-unsaturated/α-hetero) is 3. The average Bonchev–Trinajstić information content (AvgIpc) is 3.32. The van der Waals surface area contributed by atoms with Crippen molar-refractivity contribution in [3.63, 3.8) is 0 Å². The van der Waals surface area contributed by atoms with E-state index in [-0.39, 0.29) is 65.9 Å². The second-order valence-electron chi connectivity index (χ2n) is 18.4. The van der Waals surface area contributed by atoms with Crippen LogP contribution in [0.5, 0.6) is 17.2 Å². The lowest BCUT2D eigenvalue weighted by atomic mass is 9.75. The molecular formula is C48H72O23. The lowest BCUT2D eigenvalue weighted by Gasteiger charge is -2.39. The first-order valence-corrected chi connectivity index (χ1v) is 23.6. The molecule has 2 aromatic rings. The molecule has 0 aromatic heterocycles. The molecule has 0 bridgehead atoms. The van der Waals surface area contributed by atoms with Crippen LogP contribution in [-0.4, -0.2) is 208 Å². The Morgan fingerprint density at radius 2 is 1.37 bits per heavy atom. The van der Waals surface area contributed by atoms with Gasteiger partial charge in [0.1, 0.15) is 73.6 Å². The Labute approximate surface area is 411 Å². The van der Waals surface area contributed by atoms with E-state index in [9.17, 15) is 55.2 Å². The van der Waals surface area contributed by atoms with E-state index in [0.29, 0.717) is 0 Å². The highest BCUT2D eigenvalue weighted by atomic mass is 16.7. The molecule has 1 aliphatic carbocycles. The van der Waals surface area contributed by atoms with Crippen molar-refractivity contribution in [3.8, 4) is 17.2 Å². The van der Waals surface area contributed by atoms with Crippen LogP contribution in [-0.2, 0) is 63.4 Å². The number of carbonyl (C=O) groups is 3. The van der Waals surface area contributed by atoms with Gasteiger partial charge in [-0.2, -0.15) is 0 Å². The summed E-state index contributed by atoms with van der Waals surface area (Å²) in [5.74, 6) is -4.63. The summed E-state index contributed by atoms with van der Waals surface area (Å²) in [5.41, 5.74) is 0.171. The molecule has 0 spiro atoms. The van der Waals surface area contributed by atoms with Gasteiger partial charge in [-0.25, -0.2) is 0 Å². The van der Waals surface area contributed by atoms with Crippen molar-refractivity contribution in [3.05, 3.63) is 28.8 Å². The molecule has 8 unspecified atom stereocenters. The number of hydrogen-bond donors (Lipinski definition) is 9. The van der Waals surface area contributed by atoms with Crippen LogP contribution in [0.2, 0.25) is 0 Å². The molecule has 2 aromatic carbocycles. The van der Waals surface area contributed by atoms with Crippen LogP contribution in [0.1, 0.15) is 82.8 Å². The molecule has 23 nitrogen and oxygen atoms in total. The third kappa shape index (κ3) is 14.2. The highest BCUT2D eigenvalue weighted by molar-refractivity contribution is 6.38. The summed E-state index contributed by atoms with van der Waals surface area (Å²) in [6.45, 7) is 9.71. The lowest BCUT2D eigenvalue weighted by Crippen LogP contribution is -2.51. The Bertz CT molecular complexity index is 2090. The van der Waals surface area contributed by atoms with Crippen molar-refractivity contribution < 1.29 is 112 Å². The van der Waals surface area contributed by atoms with Gasteiger partial charge in [0.2, 0.25) is 12.1 Å². The van der Waals surface area contributed by atoms with E-state index in [1.807, 2.05) is 0 Å². The maximum absolute atomic E-state index is 14.5. The first-order chi connectivity index (χ1) is 33.5. The van der Waals surface area contributed by atoms with Crippen LogP contribution in [0.4, 0.5) is 0 Å². The fraction of sp³-hybridized carbons (Fsp3) is 0.729. The van der Waals surface area contributed by atoms with Crippen molar-refractivity contribution in [1.29, 1.82) is 0 Å². The van der Waals surface area contributed by atoms with Crippen molar-refractivity contribution in [1.82, 2.24) is 0 Å². The predicted molar refractivity (Wildman–Crippen MR) is 244 cm³/mol. The highest BCUT2D eigenvalue weighted by Crippen LogP contribution is 2.47. The Morgan fingerprint density at radius 1 is 0.789 bits per heavy atom. The minimum Gasteiger partial charge on any atom is -0.507 e. The second kappa shape index (κ2) is 26.1. The van der Waals surface area contributed by atoms with Crippen LogP contribution >= 0.6 is 0 Å². The van der Waals surface area contributed by atoms with Gasteiger partial charge < -0.3 is 98.1 Å². The maximum atomic E-state index is 14.5. The Balaban J connectivity index is 1.29. The number of benzene rings is 2. The van der Waals surface area contributed by atoms with Gasteiger partial charge in [0, 0.05) is 38.4 Å². The Morgan fingerprint density at radius 3 is 1.99 bits per heavy atom. The largest absolute Gasteiger partial charge is 0.507 e. The van der Waals surface area contributed by atoms with E-state index in [4.69, 9.17) is 57.2 Å². The number of phenolic OH excluding ortho intramolecular Hbond substituents is 2. The Hall–Kier alpha value is -3.57. The smallest absolute Gasteiger partial charge is 0.227 e. The number of aliphatic hydroxyl groups is 7. The summed E-state index contributed by atoms with van der Waals surface area (Å²) in [6, 6.07) is 3.05. The molecule has 0 radical (unpaired) electrons. The minimum atomic E-state index is -1.54. The standard InChI is InChI=1S/C48H72O23/c1-20-34(71-38-14-36(44(58)26(7)69-38)70-27(8)67-24(5)32(53)16-50)12-29-10-28-11-30(47(61-9)42(56)21(2)51)48(46(60)40(28)45(59)39(29)41(20)55)66-19-64-23(4)33(54)17-62-37-13-35(43(57)25(6)68-37)65-18-63-22(3)31(52)15-49/h10,12,22-27,30-33,35-38,43-44,47-50,52-55,57-59H,11,13-19H2,1-9H3/t22?,23?,24?,25?,26?,27?,30-,31-,32-,33-,35?,36?,37+,38-,43-,44+,47-,48-/m0/s1. The van der Waals surface area contributed by atoms with Gasteiger partial charge in [-0.3, -0.25) is 14.4 Å². The number of methoxy groups -OCH3 is 1. The second-order valence-corrected chi connectivity index (χ2v) is 18.4. The zero-order valence-corrected chi connectivity index (χ0v) is 41.4. The van der Waals surface area contributed by atoms with E-state index < -0.39 is 159 Å². The zero-order chi connectivity index (χ0) is 52.6. The van der Waals surface area contributed by atoms with Gasteiger partial charge in [0.25, 0.3) is 0 Å². The lowest BCUT2D eigenvalue weighted by molar-refractivity contribution is -0.274. The monoisotopic (exact) mass is 1020 g/mol. The number of carbonyl (C=O) groups excluding carboxylic acids is 3. The third-order valence-corrected chi connectivity index (χ3v) is 13.2. The summed E-state index contributed by atoms with van der Waals surface area (Å²) in [4.78, 5) is 40.2. The molecule has 9 N–H and O–H groups in total. The quantitative estimate of drug-likeness (QED) is 0.0448. The van der Waals surface area contributed by atoms with E-state index in [1.165, 1.54) is 33.1 Å². The maximum Gasteiger partial charge on any atom is 0.227 e. The highest BCUT2D eigenvalue weighted by Gasteiger charge is 2.47. The predicted octanol–water partition coefficient (Wildman–Crippen LogP) is 0.174. The normalized spacial score (nSPS) is 29.4. The molecule has 2 heterocycles. The SMILES string of the molecule is CO[C@H](C(=O)C(C)=O)[C@@H]1Cc2cc3cc(O[C@H]4CC(OC(C)OC(C)[C@@H](O)CO)[C@H](O)C(C)O4)c(C)c(O)c3c(O)c2C(=O)[C@H]1OCOC(C)[C@@H](O)CO[C@H]1CC(OCOC(C)[C@@H](O)CO)[C@@H](O)C(C)O1. The molecule has 71 heavy (non-hydrogen) atoms. The van der Waals surface area contributed by atoms with E-state index in [2.05, 4.69) is 0 Å². The van der Waals surface area contributed by atoms with Crippen molar-refractivity contribution >= 4 is 28.1 Å². The summed E-state index contributed by atoms with van der Waals surface area (Å²) in [6.07, 6.45) is -17.4. The van der Waals surface area contributed by atoms with Gasteiger partial charge in [-0.15, -0.1) is 0 Å². The van der Waals surface area contributed by atoms with Gasteiger partial charge in [-0.05, 0) is 78.0 Å². The molecule has 3 aliphatic rings. The fourth-order valence-corrected chi connectivity index (χ4v) is 8.69. The first-order valence-electron chi connectivity index (χ1n) is 23.6. The molecule has 2 fully saturated rings. The molecule has 5 rings (SSSR count). The Kier molecular flexibility index (Phi) is 21.4. The fourth-order valence-electron chi connectivity index (χ4n) is 8.69. The molecular weight excluding hydrogens is 945 g/mol. The van der Waals surface area contributed by atoms with Crippen molar-refractivity contribution in [2.45, 2.75) is 179 Å². The number of aromatic hydroxyl groups is 2.